The molecule has 8 heterocycles. The Morgan fingerprint density at radius 3 is 0.953 bits per heavy atom. The zero-order valence-electron chi connectivity index (χ0n) is 80.9. The van der Waals surface area contributed by atoms with Gasteiger partial charge in [0, 0.05) is 136 Å². The number of rotatable bonds is 15. The number of nitrogens with zero attached hydrogens (tertiary/aromatic N) is 15. The quantitative estimate of drug-likeness (QED) is 0.0953. The standard InChI is InChI=1S/C69H46N8.C63H41N7S/c1-69(2)54-35-18-15-30-48(54)49-33-21-34-52(62(49)69)67-72-65(45-26-11-5-12-27-45)71-66(75-67)46-38-39-57(53(42-46)68-73-63(43-22-7-3-8-23-43)70-64(74-68)44-24-9-4-10-25-44)77-56-37-20-17-32-51(56)61-59(77)41-40-58-60(61)50-31-16-19-36-55(50)76(58)47-28-13-6-14-29-47;1-63(2)48-27-15-12-25-45(48)55-49(63)33-35-52-56(55)46-26-13-16-28-50(46)70(52)51-34-31-41(36-47(51)62-68-58(39-20-8-4-9-21-39)64-59(69-62)40-22-10-5-11-23-40)60-65-57(38-18-6-3-7-19-38)66-61(67-60)42-30-32-44-43-24-14-17-29-53(43)71-54(44)37-42/h3-42H,1-2H3;3-37H,1-2H3. The fourth-order valence-electron chi connectivity index (χ4n) is 22.7. The molecule has 0 spiro atoms. The van der Waals surface area contributed by atoms with Crippen LogP contribution in [0.1, 0.15) is 49.9 Å². The number of aromatic nitrogens is 15. The monoisotopic (exact) mass is 1910 g/mol. The second-order valence-corrected chi connectivity index (χ2v) is 40.0. The van der Waals surface area contributed by atoms with Crippen LogP contribution in [-0.4, -0.2) is 73.5 Å². The summed E-state index contributed by atoms with van der Waals surface area (Å²) in [5.41, 5.74) is 29.6. The summed E-state index contributed by atoms with van der Waals surface area (Å²) in [5, 5.41) is 9.55. The minimum Gasteiger partial charge on any atom is -0.309 e. The Kier molecular flexibility index (Phi) is 20.4. The molecular weight excluding hydrogens is 1830 g/mol. The predicted octanol–water partition coefficient (Wildman–Crippen LogP) is 32.4. The van der Waals surface area contributed by atoms with Crippen molar-refractivity contribution in [1.29, 1.82) is 0 Å². The molecule has 15 nitrogen and oxygen atoms in total. The van der Waals surface area contributed by atoms with Gasteiger partial charge in [0.1, 0.15) is 0 Å². The summed E-state index contributed by atoms with van der Waals surface area (Å²) in [5.74, 6) is 6.78. The molecule has 2 aliphatic carbocycles. The Morgan fingerprint density at radius 2 is 0.493 bits per heavy atom. The molecule has 0 unspecified atom stereocenters. The number of fused-ring (bicyclic) bond motifs is 20. The third kappa shape index (κ3) is 14.4. The Hall–Kier alpha value is -19.2. The molecule has 0 saturated heterocycles. The zero-order chi connectivity index (χ0) is 98.4. The van der Waals surface area contributed by atoms with Crippen molar-refractivity contribution in [3.8, 4) is 176 Å². The molecule has 29 rings (SSSR count). The molecule has 0 atom stereocenters. The van der Waals surface area contributed by atoms with E-state index in [9.17, 15) is 0 Å². The van der Waals surface area contributed by atoms with Crippen LogP contribution in [0.5, 0.6) is 0 Å². The molecular formula is C132H87N15S. The van der Waals surface area contributed by atoms with Gasteiger partial charge in [-0.3, -0.25) is 0 Å². The minimum atomic E-state index is -0.299. The maximum Gasteiger partial charge on any atom is 0.166 e. The molecule has 16 heteroatoms. The second-order valence-electron chi connectivity index (χ2n) is 38.9. The van der Waals surface area contributed by atoms with E-state index >= 15 is 0 Å². The van der Waals surface area contributed by atoms with Crippen LogP contribution >= 0.6 is 11.3 Å². The first-order valence-corrected chi connectivity index (χ1v) is 50.7. The van der Waals surface area contributed by atoms with E-state index in [1.807, 2.05) is 170 Å². The predicted molar refractivity (Wildman–Crippen MR) is 603 cm³/mol. The van der Waals surface area contributed by atoms with Crippen molar-refractivity contribution in [2.45, 2.75) is 38.5 Å². The Morgan fingerprint density at radius 1 is 0.182 bits per heavy atom. The lowest BCUT2D eigenvalue weighted by molar-refractivity contribution is 0.661. The van der Waals surface area contributed by atoms with E-state index in [2.05, 4.69) is 327 Å². The molecule has 0 amide bonds. The van der Waals surface area contributed by atoms with Crippen molar-refractivity contribution in [1.82, 2.24) is 73.5 Å². The van der Waals surface area contributed by atoms with Crippen molar-refractivity contribution in [3.05, 3.63) is 477 Å². The summed E-state index contributed by atoms with van der Waals surface area (Å²) in [6.45, 7) is 9.28. The molecule has 8 aromatic heterocycles. The highest BCUT2D eigenvalue weighted by atomic mass is 32.1. The normalized spacial score (nSPS) is 12.7. The summed E-state index contributed by atoms with van der Waals surface area (Å²) in [6.07, 6.45) is 0. The summed E-state index contributed by atoms with van der Waals surface area (Å²) in [6, 6.07) is 159. The molecule has 0 aliphatic heterocycles. The zero-order valence-corrected chi connectivity index (χ0v) is 81.7. The summed E-state index contributed by atoms with van der Waals surface area (Å²) in [7, 11) is 0. The second kappa shape index (κ2) is 34.9. The van der Waals surface area contributed by atoms with Gasteiger partial charge in [-0.1, -0.05) is 386 Å². The van der Waals surface area contributed by atoms with Gasteiger partial charge in [0.25, 0.3) is 0 Å². The summed E-state index contributed by atoms with van der Waals surface area (Å²) in [4.78, 5) is 63.6. The summed E-state index contributed by atoms with van der Waals surface area (Å²) >= 11 is 1.78. The molecule has 27 aromatic rings. The Labute approximate surface area is 856 Å². The molecule has 0 saturated carbocycles. The van der Waals surface area contributed by atoms with Crippen LogP contribution in [0.25, 0.3) is 262 Å². The first kappa shape index (κ1) is 86.7. The summed E-state index contributed by atoms with van der Waals surface area (Å²) < 4.78 is 9.58. The first-order chi connectivity index (χ1) is 72.9. The van der Waals surface area contributed by atoms with Gasteiger partial charge >= 0.3 is 0 Å². The molecule has 0 fully saturated rings. The number of hydrogen-bond acceptors (Lipinski definition) is 13. The van der Waals surface area contributed by atoms with Crippen molar-refractivity contribution < 1.29 is 0 Å². The van der Waals surface area contributed by atoms with Gasteiger partial charge in [-0.05, 0) is 142 Å². The van der Waals surface area contributed by atoms with Gasteiger partial charge < -0.3 is 13.7 Å². The van der Waals surface area contributed by atoms with E-state index in [0.717, 1.165) is 122 Å². The lowest BCUT2D eigenvalue weighted by Crippen LogP contribution is -2.17. The van der Waals surface area contributed by atoms with Crippen molar-refractivity contribution in [2.75, 3.05) is 0 Å². The largest absolute Gasteiger partial charge is 0.309 e. The van der Waals surface area contributed by atoms with E-state index in [0.29, 0.717) is 69.9 Å². The molecule has 148 heavy (non-hydrogen) atoms. The van der Waals surface area contributed by atoms with Crippen LogP contribution in [-0.2, 0) is 10.8 Å². The van der Waals surface area contributed by atoms with E-state index in [-0.39, 0.29) is 10.8 Å². The van der Waals surface area contributed by atoms with Crippen LogP contribution in [0.3, 0.4) is 0 Å². The minimum absolute atomic E-state index is 0.158. The fourth-order valence-corrected chi connectivity index (χ4v) is 23.8. The van der Waals surface area contributed by atoms with Gasteiger partial charge in [0.05, 0.1) is 44.5 Å². The Bertz CT molecular complexity index is 9930. The first-order valence-electron chi connectivity index (χ1n) is 49.9. The molecule has 2 aliphatic rings. The van der Waals surface area contributed by atoms with Gasteiger partial charge in [-0.15, -0.1) is 11.3 Å². The topological polar surface area (TPSA) is 169 Å². The molecule has 0 radical (unpaired) electrons. The van der Waals surface area contributed by atoms with Crippen molar-refractivity contribution in [3.63, 3.8) is 0 Å². The Balaban J connectivity index is 0.000000143. The van der Waals surface area contributed by atoms with Crippen LogP contribution in [0.15, 0.2) is 455 Å². The van der Waals surface area contributed by atoms with Crippen LogP contribution < -0.4 is 0 Å². The van der Waals surface area contributed by atoms with Crippen LogP contribution in [0.2, 0.25) is 0 Å². The third-order valence-electron chi connectivity index (χ3n) is 29.5. The lowest BCUT2D eigenvalue weighted by atomic mass is 9.80. The smallest absolute Gasteiger partial charge is 0.166 e. The average molecular weight is 1920 g/mol. The highest BCUT2D eigenvalue weighted by molar-refractivity contribution is 7.25. The average Bonchev–Trinajstić information content (AvgIpc) is 1.54. The highest BCUT2D eigenvalue weighted by Gasteiger charge is 2.41. The van der Waals surface area contributed by atoms with E-state index in [4.69, 9.17) is 59.8 Å². The van der Waals surface area contributed by atoms with Crippen molar-refractivity contribution >= 4 is 96.9 Å². The SMILES string of the molecule is CC1(C)c2ccccc2-c2c1ccc1c2c2ccccc2n1-c1ccc(-c2nc(-c3ccccc3)nc(-c3ccc4c(c3)sc3ccccc34)n2)cc1-c1nc(-c2ccccc2)nc(-c2ccccc2)n1.CC1(C)c2ccccc2-c2cccc(-c3nc(-c4ccccc4)nc(-c4ccc(-n5c6ccccc6c6c7c8ccccc8n(-c8ccccc8)c7ccc65)c(-c5nc(-c6ccccc6)nc(-c6ccccc6)n5)c4)n3)c21. The highest BCUT2D eigenvalue weighted by Crippen LogP contribution is 2.56. The third-order valence-corrected chi connectivity index (χ3v) is 30.7. The lowest BCUT2D eigenvalue weighted by Gasteiger charge is -2.24. The number of thiophene rings is 1. The van der Waals surface area contributed by atoms with E-state index in [1.54, 1.807) is 11.3 Å². The van der Waals surface area contributed by atoms with Gasteiger partial charge in [-0.2, -0.15) is 0 Å². The molecule has 19 aromatic carbocycles. The number of hydrogen-bond donors (Lipinski definition) is 0. The maximum atomic E-state index is 5.47. The van der Waals surface area contributed by atoms with E-state index < -0.39 is 0 Å². The molecule has 696 valence electrons. The van der Waals surface area contributed by atoms with E-state index in [1.165, 1.54) is 91.6 Å². The van der Waals surface area contributed by atoms with Gasteiger partial charge in [0.15, 0.2) is 69.9 Å². The molecule has 0 bridgehead atoms. The van der Waals surface area contributed by atoms with Gasteiger partial charge in [-0.25, -0.2) is 59.8 Å². The maximum absolute atomic E-state index is 5.47. The van der Waals surface area contributed by atoms with Crippen molar-refractivity contribution in [2.24, 2.45) is 0 Å². The van der Waals surface area contributed by atoms with Crippen LogP contribution in [0, 0.1) is 0 Å². The van der Waals surface area contributed by atoms with Gasteiger partial charge in [0.2, 0.25) is 0 Å². The fraction of sp³-hybridized carbons (Fsp3) is 0.0455. The van der Waals surface area contributed by atoms with Crippen LogP contribution in [0.4, 0.5) is 0 Å². The number of para-hydroxylation sites is 4. The number of benzene rings is 19. The molecule has 0 N–H and O–H groups in total.